The van der Waals surface area contributed by atoms with Crippen LogP contribution in [0.15, 0.2) is 23.3 Å². The molecule has 0 bridgehead atoms. The Hall–Kier alpha value is -1.78. The van der Waals surface area contributed by atoms with Crippen molar-refractivity contribution in [2.24, 2.45) is 5.11 Å². The number of halogens is 1. The first kappa shape index (κ1) is 14.2. The van der Waals surface area contributed by atoms with Crippen LogP contribution in [0.5, 0.6) is 5.75 Å². The van der Waals surface area contributed by atoms with Crippen molar-refractivity contribution in [1.29, 1.82) is 0 Å². The molecule has 1 aromatic carbocycles. The van der Waals surface area contributed by atoms with Crippen LogP contribution >= 0.6 is 0 Å². The van der Waals surface area contributed by atoms with Crippen molar-refractivity contribution in [3.05, 3.63) is 39.8 Å². The summed E-state index contributed by atoms with van der Waals surface area (Å²) in [5, 5.41) is 3.83. The van der Waals surface area contributed by atoms with E-state index in [0.717, 1.165) is 42.9 Å². The first-order valence-electron chi connectivity index (χ1n) is 7.42. The van der Waals surface area contributed by atoms with E-state index in [4.69, 9.17) is 10.3 Å². The minimum absolute atomic E-state index is 0.130. The molecule has 0 saturated carbocycles. The van der Waals surface area contributed by atoms with E-state index < -0.39 is 6.17 Å². The van der Waals surface area contributed by atoms with Gasteiger partial charge in [0.25, 0.3) is 0 Å². The van der Waals surface area contributed by atoms with Crippen molar-refractivity contribution in [1.82, 2.24) is 4.90 Å². The lowest BCUT2D eigenvalue weighted by Crippen LogP contribution is -2.33. The second-order valence-corrected chi connectivity index (χ2v) is 5.68. The summed E-state index contributed by atoms with van der Waals surface area (Å²) in [6.45, 7) is 3.00. The van der Waals surface area contributed by atoms with E-state index in [9.17, 15) is 4.39 Å². The lowest BCUT2D eigenvalue weighted by molar-refractivity contribution is 0.145. The molecule has 0 aliphatic carbocycles. The van der Waals surface area contributed by atoms with E-state index in [0.29, 0.717) is 19.4 Å². The Labute approximate surface area is 123 Å². The van der Waals surface area contributed by atoms with Crippen LogP contribution in [-0.2, 0) is 6.54 Å². The maximum atomic E-state index is 13.1. The number of rotatable bonds is 3. The molecule has 1 saturated heterocycles. The highest BCUT2D eigenvalue weighted by Gasteiger charge is 2.22. The van der Waals surface area contributed by atoms with Crippen LogP contribution in [0.25, 0.3) is 10.4 Å². The van der Waals surface area contributed by atoms with Crippen molar-refractivity contribution in [2.75, 3.05) is 19.7 Å². The molecule has 6 heteroatoms. The molecule has 1 aromatic rings. The SMILES string of the molecule is [N-]=[N+]=N[C@@H]1CCOc2cc(CN3CCC(F)CC3)ccc21. The van der Waals surface area contributed by atoms with Crippen LogP contribution in [0.3, 0.4) is 0 Å². The van der Waals surface area contributed by atoms with Gasteiger partial charge in [0.1, 0.15) is 11.9 Å². The number of hydrogen-bond acceptors (Lipinski definition) is 3. The van der Waals surface area contributed by atoms with Gasteiger partial charge in [-0.2, -0.15) is 0 Å². The average Bonchev–Trinajstić information content (AvgIpc) is 2.50. The summed E-state index contributed by atoms with van der Waals surface area (Å²) in [7, 11) is 0. The van der Waals surface area contributed by atoms with Gasteiger partial charge in [-0.15, -0.1) is 0 Å². The summed E-state index contributed by atoms with van der Waals surface area (Å²) >= 11 is 0. The van der Waals surface area contributed by atoms with Crippen LogP contribution < -0.4 is 4.74 Å². The van der Waals surface area contributed by atoms with Gasteiger partial charge >= 0.3 is 0 Å². The molecule has 21 heavy (non-hydrogen) atoms. The third kappa shape index (κ3) is 3.28. The zero-order valence-corrected chi connectivity index (χ0v) is 11.9. The lowest BCUT2D eigenvalue weighted by Gasteiger charge is -2.29. The molecule has 0 radical (unpaired) electrons. The predicted octanol–water partition coefficient (Wildman–Crippen LogP) is 3.75. The highest BCUT2D eigenvalue weighted by molar-refractivity contribution is 5.41. The first-order chi connectivity index (χ1) is 10.3. The number of nitrogens with zero attached hydrogens (tertiary/aromatic N) is 4. The van der Waals surface area contributed by atoms with Gasteiger partial charge in [0.2, 0.25) is 0 Å². The number of fused-ring (bicyclic) bond motifs is 1. The van der Waals surface area contributed by atoms with Gasteiger partial charge in [-0.05, 0) is 36.4 Å². The fourth-order valence-corrected chi connectivity index (χ4v) is 3.01. The zero-order chi connectivity index (χ0) is 14.7. The molecule has 0 spiro atoms. The summed E-state index contributed by atoms with van der Waals surface area (Å²) in [4.78, 5) is 5.18. The number of hydrogen-bond donors (Lipinski definition) is 0. The molecule has 1 fully saturated rings. The van der Waals surface area contributed by atoms with Crippen LogP contribution in [0.1, 0.15) is 36.4 Å². The highest BCUT2D eigenvalue weighted by Crippen LogP contribution is 2.35. The van der Waals surface area contributed by atoms with Gasteiger partial charge in [-0.1, -0.05) is 17.2 Å². The van der Waals surface area contributed by atoms with Crippen molar-refractivity contribution < 1.29 is 9.13 Å². The largest absolute Gasteiger partial charge is 0.493 e. The van der Waals surface area contributed by atoms with E-state index in [-0.39, 0.29) is 6.04 Å². The van der Waals surface area contributed by atoms with Gasteiger partial charge in [0.15, 0.2) is 0 Å². The molecule has 0 amide bonds. The van der Waals surface area contributed by atoms with E-state index in [2.05, 4.69) is 21.0 Å². The van der Waals surface area contributed by atoms with Gasteiger partial charge in [-0.25, -0.2) is 4.39 Å². The molecule has 5 nitrogen and oxygen atoms in total. The third-order valence-corrected chi connectivity index (χ3v) is 4.20. The van der Waals surface area contributed by atoms with E-state index in [1.807, 2.05) is 12.1 Å². The highest BCUT2D eigenvalue weighted by atomic mass is 19.1. The number of likely N-dealkylation sites (tertiary alicyclic amines) is 1. The smallest absolute Gasteiger partial charge is 0.123 e. The second-order valence-electron chi connectivity index (χ2n) is 5.68. The van der Waals surface area contributed by atoms with Crippen LogP contribution in [0, 0.1) is 0 Å². The third-order valence-electron chi connectivity index (χ3n) is 4.20. The maximum Gasteiger partial charge on any atom is 0.123 e. The molecular formula is C15H19FN4O. The quantitative estimate of drug-likeness (QED) is 0.483. The molecule has 3 rings (SSSR count). The number of azide groups is 1. The maximum absolute atomic E-state index is 13.1. The monoisotopic (exact) mass is 290 g/mol. The Morgan fingerprint density at radius 2 is 2.14 bits per heavy atom. The Bertz CT molecular complexity index is 551. The van der Waals surface area contributed by atoms with Gasteiger partial charge in [0.05, 0.1) is 12.6 Å². The van der Waals surface area contributed by atoms with E-state index in [1.54, 1.807) is 0 Å². The minimum atomic E-state index is -0.641. The molecule has 0 aromatic heterocycles. The fraction of sp³-hybridized carbons (Fsp3) is 0.600. The average molecular weight is 290 g/mol. The molecular weight excluding hydrogens is 271 g/mol. The molecule has 2 heterocycles. The van der Waals surface area contributed by atoms with Crippen molar-refractivity contribution in [3.63, 3.8) is 0 Å². The molecule has 0 unspecified atom stereocenters. The molecule has 2 aliphatic heterocycles. The Morgan fingerprint density at radius 1 is 1.33 bits per heavy atom. The van der Waals surface area contributed by atoms with Crippen LogP contribution in [0.2, 0.25) is 0 Å². The van der Waals surface area contributed by atoms with Gasteiger partial charge in [0, 0.05) is 30.1 Å². The summed E-state index contributed by atoms with van der Waals surface area (Å²) in [5.74, 6) is 0.816. The molecule has 1 atom stereocenters. The van der Waals surface area contributed by atoms with Crippen LogP contribution in [0.4, 0.5) is 4.39 Å². The first-order valence-corrected chi connectivity index (χ1v) is 7.42. The number of ether oxygens (including phenoxy) is 1. The summed E-state index contributed by atoms with van der Waals surface area (Å²) in [5.41, 5.74) is 10.7. The van der Waals surface area contributed by atoms with E-state index >= 15 is 0 Å². The molecule has 0 N–H and O–H groups in total. The lowest BCUT2D eigenvalue weighted by atomic mass is 9.99. The molecule has 2 aliphatic rings. The number of piperidine rings is 1. The normalized spacial score (nSPS) is 23.0. The topological polar surface area (TPSA) is 61.2 Å². The van der Waals surface area contributed by atoms with Crippen LogP contribution in [-0.4, -0.2) is 30.8 Å². The second kappa shape index (κ2) is 6.33. The predicted molar refractivity (Wildman–Crippen MR) is 77.8 cm³/mol. The van der Waals surface area contributed by atoms with Gasteiger partial charge in [-0.3, -0.25) is 4.90 Å². The standard InChI is InChI=1S/C15H19FN4O/c16-12-3-6-20(7-4-12)10-11-1-2-13-14(18-19-17)5-8-21-15(13)9-11/h1-2,9,12,14H,3-8,10H2/t14-/m1/s1. The molecule has 112 valence electrons. The van der Waals surface area contributed by atoms with E-state index in [1.165, 1.54) is 0 Å². The Kier molecular flexibility index (Phi) is 4.27. The Balaban J connectivity index is 1.72. The van der Waals surface area contributed by atoms with Crippen molar-refractivity contribution >= 4 is 0 Å². The summed E-state index contributed by atoms with van der Waals surface area (Å²) in [6, 6.07) is 5.94. The van der Waals surface area contributed by atoms with Gasteiger partial charge < -0.3 is 4.74 Å². The van der Waals surface area contributed by atoms with Crippen molar-refractivity contribution in [3.8, 4) is 5.75 Å². The summed E-state index contributed by atoms with van der Waals surface area (Å²) < 4.78 is 18.8. The van der Waals surface area contributed by atoms with Crippen molar-refractivity contribution in [2.45, 2.75) is 38.0 Å². The Morgan fingerprint density at radius 3 is 2.90 bits per heavy atom. The summed E-state index contributed by atoms with van der Waals surface area (Å²) in [6.07, 6.45) is 1.33. The minimum Gasteiger partial charge on any atom is -0.493 e. The number of benzene rings is 1. The fourth-order valence-electron chi connectivity index (χ4n) is 3.01. The number of alkyl halides is 1. The zero-order valence-electron chi connectivity index (χ0n) is 11.9.